The van der Waals surface area contributed by atoms with Crippen molar-refractivity contribution in [2.45, 2.75) is 255 Å². The number of hydrogen-bond acceptors (Lipinski definition) is 11. The van der Waals surface area contributed by atoms with Gasteiger partial charge in [0.25, 0.3) is 5.91 Å². The van der Waals surface area contributed by atoms with Gasteiger partial charge in [-0.3, -0.25) is 4.79 Å². The molecule has 10 N–H and O–H groups in total. The van der Waals surface area contributed by atoms with Gasteiger partial charge in [-0.15, -0.1) is 0 Å². The molecule has 8 aromatic carbocycles. The number of urea groups is 4. The second-order valence-electron chi connectivity index (χ2n) is 33.0. The number of hydrogen-bond donors (Lipinski definition) is 10. The predicted octanol–water partition coefficient (Wildman–Crippen LogP) is 24.8. The number of anilines is 8. The van der Waals surface area contributed by atoms with Gasteiger partial charge >= 0.3 is 30.2 Å². The molecule has 120 heavy (non-hydrogen) atoms. The van der Waals surface area contributed by atoms with Gasteiger partial charge in [0.1, 0.15) is 28.6 Å². The van der Waals surface area contributed by atoms with Gasteiger partial charge in [0.2, 0.25) is 0 Å². The largest absolute Gasteiger partial charge is 0.493 e. The van der Waals surface area contributed by atoms with E-state index in [0.717, 1.165) is 125 Å². The standard InChI is InChI=1S/C99H132N10O11/c1-11-14-17-20-23-26-29-32-53-116-90-73-56-75-62-86(107-95(112)103-82-45-37-70(5)38-46-82)64-77(91(75)117-54-33-30-27-24-21-18-15-12-2)58-79-66-88(109-97(114)105-84-49-41-72(7)42-50-84)67-80(93(79)119-68-89(110)100-51-52-101-98(115)120-99(8,9)10)59-78-65-87(108-96(113)104-83-47-39-71(6)40-48-83)63-76(92(78)118-55-34-31-28-25-22-19-16-13-3)57-74(90)61-85(60-73)106-94(111)102-81-43-35-69(4)36-44-81/h35-50,60-67H,11-34,51-59,68H2,1-10H3,(H,100,110)(H,101,115)(H2,102,106,111)(H2,103,107,112)(H2,104,108,113)(H2,105,109,114). The van der Waals surface area contributed by atoms with Gasteiger partial charge in [-0.1, -0.05) is 226 Å². The third-order valence-electron chi connectivity index (χ3n) is 21.0. The summed E-state index contributed by atoms with van der Waals surface area (Å²) in [7, 11) is 0. The van der Waals surface area contributed by atoms with Crippen LogP contribution in [0.1, 0.15) is 262 Å². The molecule has 0 fully saturated rings. The van der Waals surface area contributed by atoms with E-state index in [1.54, 1.807) is 20.8 Å². The fourth-order valence-corrected chi connectivity index (χ4v) is 14.7. The minimum atomic E-state index is -0.741. The first kappa shape index (κ1) is 92.7. The number of nitrogens with one attached hydrogen (secondary N) is 10. The van der Waals surface area contributed by atoms with Crippen LogP contribution in [0.2, 0.25) is 0 Å². The molecule has 644 valence electrons. The summed E-state index contributed by atoms with van der Waals surface area (Å²) in [5.41, 5.74) is 12.4. The minimum absolute atomic E-state index is 0.0232. The molecule has 8 bridgehead atoms. The number of fused-ring (bicyclic) bond motifs is 8. The molecule has 0 saturated heterocycles. The van der Waals surface area contributed by atoms with Crippen LogP contribution in [0.4, 0.5) is 69.5 Å². The Kier molecular flexibility index (Phi) is 38.1. The summed E-state index contributed by atoms with van der Waals surface area (Å²) < 4.78 is 34.6. The smallest absolute Gasteiger partial charge is 0.407 e. The lowest BCUT2D eigenvalue weighted by Gasteiger charge is -2.25. The Labute approximate surface area is 712 Å². The zero-order valence-corrected chi connectivity index (χ0v) is 72.9. The Hall–Kier alpha value is -11.2. The molecule has 0 unspecified atom stereocenters. The van der Waals surface area contributed by atoms with Crippen LogP contribution in [0.3, 0.4) is 0 Å². The maximum atomic E-state index is 14.7. The Morgan fingerprint density at radius 3 is 0.742 bits per heavy atom. The van der Waals surface area contributed by atoms with Crippen molar-refractivity contribution in [3.8, 4) is 23.0 Å². The molecule has 21 nitrogen and oxygen atoms in total. The van der Waals surface area contributed by atoms with Crippen molar-refractivity contribution in [3.05, 3.63) is 212 Å². The number of unbranched alkanes of at least 4 members (excludes halogenated alkanes) is 21. The van der Waals surface area contributed by atoms with Crippen LogP contribution in [-0.4, -0.2) is 81.2 Å². The van der Waals surface area contributed by atoms with E-state index >= 15 is 0 Å². The number of carbonyl (C=O) groups is 6. The highest BCUT2D eigenvalue weighted by atomic mass is 16.6. The maximum absolute atomic E-state index is 14.7. The monoisotopic (exact) mass is 1640 g/mol. The highest BCUT2D eigenvalue weighted by Crippen LogP contribution is 2.44. The van der Waals surface area contributed by atoms with E-state index in [1.807, 2.05) is 173 Å². The fourth-order valence-electron chi connectivity index (χ4n) is 14.7. The lowest BCUT2D eigenvalue weighted by Crippen LogP contribution is -2.39. The zero-order valence-electron chi connectivity index (χ0n) is 72.9. The number of ether oxygens (including phenoxy) is 5. The predicted molar refractivity (Wildman–Crippen MR) is 489 cm³/mol. The van der Waals surface area contributed by atoms with Crippen LogP contribution in [0, 0.1) is 27.7 Å². The SMILES string of the molecule is CCCCCCCCCCOc1c2cc(NC(=O)Nc3ccc(C)cc3)cc1Cc1cc(NC(=O)Nc3ccc(C)cc3)cc(c1OCCCCCCCCCC)Cc1cc(NC(=O)Nc3ccc(C)cc3)cc(c1OCC(=O)NCCNC(=O)OC(C)(C)C)Cc1cc(NC(=O)Nc3ccc(C)cc3)cc(c1OCCCCCCCCCC)C2. The highest BCUT2D eigenvalue weighted by Gasteiger charge is 2.28. The number of aryl methyl sites for hydroxylation is 4. The van der Waals surface area contributed by atoms with Gasteiger partial charge in [0, 0.05) is 129 Å². The van der Waals surface area contributed by atoms with Gasteiger partial charge in [-0.05, 0) is 165 Å². The van der Waals surface area contributed by atoms with E-state index in [-0.39, 0.29) is 38.8 Å². The second kappa shape index (κ2) is 49.4. The third-order valence-corrected chi connectivity index (χ3v) is 21.0. The van der Waals surface area contributed by atoms with Crippen LogP contribution in [0.5, 0.6) is 23.0 Å². The van der Waals surface area contributed by atoms with Gasteiger partial charge in [0.15, 0.2) is 6.61 Å². The van der Waals surface area contributed by atoms with Gasteiger partial charge in [-0.2, -0.15) is 0 Å². The average Bonchev–Trinajstić information content (AvgIpc) is 0.770. The van der Waals surface area contributed by atoms with E-state index in [2.05, 4.69) is 73.9 Å². The molecule has 0 heterocycles. The van der Waals surface area contributed by atoms with Crippen LogP contribution >= 0.6 is 0 Å². The first-order valence-corrected chi connectivity index (χ1v) is 44.0. The molecular weight excluding hydrogens is 1510 g/mol. The molecule has 21 heteroatoms. The molecule has 0 radical (unpaired) electrons. The normalized spacial score (nSPS) is 11.7. The number of carbonyl (C=O) groups excluding carboxylic acids is 6. The molecular formula is C99H132N10O11. The number of rotatable bonds is 44. The molecule has 1 aliphatic carbocycles. The van der Waals surface area contributed by atoms with E-state index in [4.69, 9.17) is 23.7 Å². The minimum Gasteiger partial charge on any atom is -0.493 e. The summed E-state index contributed by atoms with van der Waals surface area (Å²) in [6.07, 6.45) is 25.4. The first-order valence-electron chi connectivity index (χ1n) is 44.0. The van der Waals surface area contributed by atoms with Crippen LogP contribution in [0.15, 0.2) is 146 Å². The van der Waals surface area contributed by atoms with Crippen molar-refractivity contribution in [2.24, 2.45) is 0 Å². The average molecular weight is 1640 g/mol. The zero-order chi connectivity index (χ0) is 85.4. The lowest BCUT2D eigenvalue weighted by atomic mass is 9.90. The molecule has 0 aliphatic heterocycles. The summed E-state index contributed by atoms with van der Waals surface area (Å²) in [6.45, 7) is 20.6. The van der Waals surface area contributed by atoms with Crippen molar-refractivity contribution in [1.82, 2.24) is 10.6 Å². The number of amides is 10. The maximum Gasteiger partial charge on any atom is 0.407 e. The van der Waals surface area contributed by atoms with Crippen molar-refractivity contribution >= 4 is 81.6 Å². The fraction of sp³-hybridized carbons (Fsp3) is 0.455. The van der Waals surface area contributed by atoms with Crippen molar-refractivity contribution < 1.29 is 52.5 Å². The quantitative estimate of drug-likeness (QED) is 0.0160. The molecule has 0 aromatic heterocycles. The van der Waals surface area contributed by atoms with E-state index in [0.29, 0.717) is 133 Å². The van der Waals surface area contributed by atoms with Gasteiger partial charge < -0.3 is 76.9 Å². The van der Waals surface area contributed by atoms with E-state index in [1.165, 1.54) is 51.4 Å². The van der Waals surface area contributed by atoms with Crippen LogP contribution in [-0.2, 0) is 35.2 Å². The van der Waals surface area contributed by atoms with Crippen molar-refractivity contribution in [2.75, 3.05) is 82.1 Å². The first-order chi connectivity index (χ1) is 58.0. The summed E-state index contributed by atoms with van der Waals surface area (Å²) in [5, 5.41) is 30.7. The molecule has 0 saturated carbocycles. The molecule has 8 aromatic rings. The highest BCUT2D eigenvalue weighted by molar-refractivity contribution is 6.02. The molecule has 10 amide bonds. The Morgan fingerprint density at radius 1 is 0.283 bits per heavy atom. The second-order valence-corrected chi connectivity index (χ2v) is 33.0. The lowest BCUT2D eigenvalue weighted by molar-refractivity contribution is -0.123. The van der Waals surface area contributed by atoms with Gasteiger partial charge in [-0.25, -0.2) is 24.0 Å². The van der Waals surface area contributed by atoms with Crippen molar-refractivity contribution in [3.63, 3.8) is 0 Å². The van der Waals surface area contributed by atoms with E-state index in [9.17, 15) is 28.8 Å². The Morgan fingerprint density at radius 2 is 0.500 bits per heavy atom. The third kappa shape index (κ3) is 32.8. The van der Waals surface area contributed by atoms with E-state index < -0.39 is 48.3 Å². The topological polar surface area (TPSA) is 269 Å². The Balaban J connectivity index is 1.31. The van der Waals surface area contributed by atoms with Crippen LogP contribution < -0.4 is 72.1 Å². The summed E-state index contributed by atoms with van der Waals surface area (Å²) in [4.78, 5) is 86.1. The summed E-state index contributed by atoms with van der Waals surface area (Å²) in [6, 6.07) is 43.6. The molecule has 9 rings (SSSR count). The molecule has 0 atom stereocenters. The summed E-state index contributed by atoms with van der Waals surface area (Å²) in [5.74, 6) is 1.45. The van der Waals surface area contributed by atoms with Crippen molar-refractivity contribution in [1.29, 1.82) is 0 Å². The number of benzene rings is 8. The number of alkyl carbamates (subject to hydrolysis) is 1. The Bertz CT molecular complexity index is 4400. The van der Waals surface area contributed by atoms with Gasteiger partial charge in [0.05, 0.1) is 19.8 Å². The molecule has 0 spiro atoms. The molecule has 1 aliphatic rings. The summed E-state index contributed by atoms with van der Waals surface area (Å²) >= 11 is 0. The van der Waals surface area contributed by atoms with Crippen LogP contribution in [0.25, 0.3) is 0 Å².